The molecule has 8 nitrogen and oxygen atoms in total. The summed E-state index contributed by atoms with van der Waals surface area (Å²) in [5, 5.41) is 20.5. The van der Waals surface area contributed by atoms with Crippen LogP contribution < -0.4 is 5.32 Å². The molecule has 116 valence electrons. The number of furan rings is 1. The molecule has 0 aliphatic carbocycles. The molecular weight excluding hydrogens is 280 g/mol. The average molecular weight is 298 g/mol. The maximum absolute atomic E-state index is 12.1. The SMILES string of the molecule is CC1COC(CO)CN1C(=O)NCc1ccc(C(=O)O)o1. The van der Waals surface area contributed by atoms with Gasteiger partial charge in [0.15, 0.2) is 0 Å². The van der Waals surface area contributed by atoms with Gasteiger partial charge in [-0.05, 0) is 19.1 Å². The summed E-state index contributed by atoms with van der Waals surface area (Å²) in [6, 6.07) is 2.43. The van der Waals surface area contributed by atoms with Crippen LogP contribution in [0.25, 0.3) is 0 Å². The predicted molar refractivity (Wildman–Crippen MR) is 70.9 cm³/mol. The number of carbonyl (C=O) groups is 2. The van der Waals surface area contributed by atoms with Gasteiger partial charge in [0, 0.05) is 0 Å². The van der Waals surface area contributed by atoms with Crippen LogP contribution in [0.4, 0.5) is 4.79 Å². The van der Waals surface area contributed by atoms with Gasteiger partial charge in [0.05, 0.1) is 38.4 Å². The molecule has 1 aliphatic heterocycles. The highest BCUT2D eigenvalue weighted by Crippen LogP contribution is 2.12. The first-order valence-corrected chi connectivity index (χ1v) is 6.60. The van der Waals surface area contributed by atoms with Crippen molar-refractivity contribution < 1.29 is 29.0 Å². The van der Waals surface area contributed by atoms with Crippen LogP contribution in [0.5, 0.6) is 0 Å². The fraction of sp³-hybridized carbons (Fsp3) is 0.538. The van der Waals surface area contributed by atoms with Crippen molar-refractivity contribution in [2.45, 2.75) is 25.6 Å². The number of amides is 2. The lowest BCUT2D eigenvalue weighted by atomic mass is 10.2. The Labute approximate surface area is 121 Å². The summed E-state index contributed by atoms with van der Waals surface area (Å²) in [6.45, 7) is 2.48. The number of aliphatic hydroxyl groups excluding tert-OH is 1. The molecule has 1 aromatic rings. The molecule has 0 spiro atoms. The highest BCUT2D eigenvalue weighted by molar-refractivity contribution is 5.84. The van der Waals surface area contributed by atoms with Gasteiger partial charge in [0.2, 0.25) is 5.76 Å². The third kappa shape index (κ3) is 3.73. The molecule has 2 rings (SSSR count). The Morgan fingerprint density at radius 1 is 1.48 bits per heavy atom. The summed E-state index contributed by atoms with van der Waals surface area (Å²) in [5.74, 6) is -0.958. The number of nitrogens with zero attached hydrogens (tertiary/aromatic N) is 1. The van der Waals surface area contributed by atoms with Crippen molar-refractivity contribution >= 4 is 12.0 Å². The minimum absolute atomic E-state index is 0.0972. The zero-order valence-electron chi connectivity index (χ0n) is 11.6. The summed E-state index contributed by atoms with van der Waals surface area (Å²) >= 11 is 0. The van der Waals surface area contributed by atoms with Crippen LogP contribution in [-0.2, 0) is 11.3 Å². The lowest BCUT2D eigenvalue weighted by Gasteiger charge is -2.37. The molecule has 2 heterocycles. The first kappa shape index (κ1) is 15.3. The van der Waals surface area contributed by atoms with E-state index in [1.807, 2.05) is 6.92 Å². The van der Waals surface area contributed by atoms with Gasteiger partial charge in [0.25, 0.3) is 0 Å². The van der Waals surface area contributed by atoms with Gasteiger partial charge in [-0.15, -0.1) is 0 Å². The second-order valence-electron chi connectivity index (χ2n) is 4.87. The molecule has 1 aromatic heterocycles. The lowest BCUT2D eigenvalue weighted by Crippen LogP contribution is -2.54. The summed E-state index contributed by atoms with van der Waals surface area (Å²) in [7, 11) is 0. The Balaban J connectivity index is 1.89. The van der Waals surface area contributed by atoms with Gasteiger partial charge in [-0.25, -0.2) is 9.59 Å². The topological polar surface area (TPSA) is 112 Å². The monoisotopic (exact) mass is 298 g/mol. The number of rotatable bonds is 4. The minimum atomic E-state index is -1.15. The molecule has 21 heavy (non-hydrogen) atoms. The molecule has 0 bridgehead atoms. The predicted octanol–water partition coefficient (Wildman–Crippen LogP) is 0.269. The first-order valence-electron chi connectivity index (χ1n) is 6.60. The quantitative estimate of drug-likeness (QED) is 0.735. The zero-order valence-corrected chi connectivity index (χ0v) is 11.6. The lowest BCUT2D eigenvalue weighted by molar-refractivity contribution is -0.0628. The number of carbonyl (C=O) groups excluding carboxylic acids is 1. The Morgan fingerprint density at radius 3 is 2.86 bits per heavy atom. The first-order chi connectivity index (χ1) is 10.0. The van der Waals surface area contributed by atoms with Crippen LogP contribution in [0.3, 0.4) is 0 Å². The molecule has 1 aliphatic rings. The largest absolute Gasteiger partial charge is 0.475 e. The molecule has 3 N–H and O–H groups in total. The highest BCUT2D eigenvalue weighted by atomic mass is 16.5. The molecule has 2 atom stereocenters. The Morgan fingerprint density at radius 2 is 2.24 bits per heavy atom. The number of morpholine rings is 1. The van der Waals surface area contributed by atoms with E-state index in [1.165, 1.54) is 12.1 Å². The van der Waals surface area contributed by atoms with E-state index in [1.54, 1.807) is 4.90 Å². The van der Waals surface area contributed by atoms with Gasteiger partial charge in [-0.3, -0.25) is 0 Å². The fourth-order valence-electron chi connectivity index (χ4n) is 2.06. The molecule has 1 fully saturated rings. The van der Waals surface area contributed by atoms with Crippen LogP contribution in [-0.4, -0.2) is 59.0 Å². The smallest absolute Gasteiger partial charge is 0.371 e. The molecule has 2 unspecified atom stereocenters. The molecular formula is C13H18N2O6. The fourth-order valence-corrected chi connectivity index (χ4v) is 2.06. The van der Waals surface area contributed by atoms with Gasteiger partial charge < -0.3 is 29.6 Å². The summed E-state index contributed by atoms with van der Waals surface area (Å²) < 4.78 is 10.4. The molecule has 8 heteroatoms. The Bertz CT molecular complexity index is 515. The van der Waals surface area contributed by atoms with Crippen LogP contribution in [0.2, 0.25) is 0 Å². The number of hydrogen-bond acceptors (Lipinski definition) is 5. The van der Waals surface area contributed by atoms with Crippen molar-refractivity contribution in [1.82, 2.24) is 10.2 Å². The van der Waals surface area contributed by atoms with Crippen molar-refractivity contribution in [3.63, 3.8) is 0 Å². The molecule has 0 saturated carbocycles. The average Bonchev–Trinajstić information content (AvgIpc) is 2.94. The van der Waals surface area contributed by atoms with E-state index in [2.05, 4.69) is 5.32 Å². The summed E-state index contributed by atoms with van der Waals surface area (Å²) in [6.07, 6.45) is -0.380. The standard InChI is InChI=1S/C13H18N2O6/c1-8-7-20-10(6-16)5-15(8)13(19)14-4-9-2-3-11(21-9)12(17)18/h2-3,8,10,16H,4-7H2,1H3,(H,14,19)(H,17,18). The van der Waals surface area contributed by atoms with Crippen molar-refractivity contribution in [2.24, 2.45) is 0 Å². The maximum Gasteiger partial charge on any atom is 0.371 e. The van der Waals surface area contributed by atoms with Crippen molar-refractivity contribution in [3.05, 3.63) is 23.7 Å². The van der Waals surface area contributed by atoms with E-state index in [9.17, 15) is 9.59 Å². The number of ether oxygens (including phenoxy) is 1. The van der Waals surface area contributed by atoms with Gasteiger partial charge in [0.1, 0.15) is 5.76 Å². The number of urea groups is 1. The van der Waals surface area contributed by atoms with Gasteiger partial charge in [-0.1, -0.05) is 0 Å². The third-order valence-electron chi connectivity index (χ3n) is 3.26. The second-order valence-corrected chi connectivity index (χ2v) is 4.87. The molecule has 1 saturated heterocycles. The van der Waals surface area contributed by atoms with E-state index in [4.69, 9.17) is 19.4 Å². The van der Waals surface area contributed by atoms with E-state index in [0.29, 0.717) is 18.9 Å². The number of aromatic carboxylic acids is 1. The summed E-state index contributed by atoms with van der Waals surface area (Å²) in [5.41, 5.74) is 0. The number of carboxylic acids is 1. The summed E-state index contributed by atoms with van der Waals surface area (Å²) in [4.78, 5) is 24.4. The van der Waals surface area contributed by atoms with E-state index >= 15 is 0 Å². The van der Waals surface area contributed by atoms with E-state index in [-0.39, 0.29) is 37.1 Å². The second kappa shape index (κ2) is 6.59. The van der Waals surface area contributed by atoms with Crippen molar-refractivity contribution in [3.8, 4) is 0 Å². The van der Waals surface area contributed by atoms with Crippen molar-refractivity contribution in [1.29, 1.82) is 0 Å². The van der Waals surface area contributed by atoms with Crippen molar-refractivity contribution in [2.75, 3.05) is 19.8 Å². The highest BCUT2D eigenvalue weighted by Gasteiger charge is 2.29. The molecule has 0 radical (unpaired) electrons. The van der Waals surface area contributed by atoms with Gasteiger partial charge in [-0.2, -0.15) is 0 Å². The Hall–Kier alpha value is -2.06. The molecule has 2 amide bonds. The van der Waals surface area contributed by atoms with Crippen LogP contribution in [0.1, 0.15) is 23.2 Å². The Kier molecular flexibility index (Phi) is 4.81. The van der Waals surface area contributed by atoms with E-state index < -0.39 is 5.97 Å². The van der Waals surface area contributed by atoms with Crippen LogP contribution in [0.15, 0.2) is 16.5 Å². The maximum atomic E-state index is 12.1. The number of nitrogens with one attached hydrogen (secondary N) is 1. The minimum Gasteiger partial charge on any atom is -0.475 e. The van der Waals surface area contributed by atoms with Crippen LogP contribution >= 0.6 is 0 Å². The zero-order chi connectivity index (χ0) is 15.4. The molecule has 0 aromatic carbocycles. The van der Waals surface area contributed by atoms with E-state index in [0.717, 1.165) is 0 Å². The van der Waals surface area contributed by atoms with Crippen LogP contribution in [0, 0.1) is 0 Å². The number of hydrogen-bond donors (Lipinski definition) is 3. The third-order valence-corrected chi connectivity index (χ3v) is 3.26. The number of carboxylic acid groups (broad SMARTS) is 1. The van der Waals surface area contributed by atoms with Gasteiger partial charge >= 0.3 is 12.0 Å². The number of aliphatic hydroxyl groups is 1. The normalized spacial score (nSPS) is 22.1.